The molecule has 2 aromatic rings. The molecule has 2 atom stereocenters. The highest BCUT2D eigenvalue weighted by Gasteiger charge is 2.20. The van der Waals surface area contributed by atoms with Gasteiger partial charge in [-0.25, -0.2) is 4.79 Å². The number of carbonyl (C=O) groups excluding carboxylic acids is 2. The van der Waals surface area contributed by atoms with Crippen LogP contribution >= 0.6 is 0 Å². The average Bonchev–Trinajstić information content (AvgIpc) is 3.26. The average molecular weight is 411 g/mol. The molecule has 0 aromatic heterocycles. The van der Waals surface area contributed by atoms with Crippen molar-refractivity contribution in [1.82, 2.24) is 0 Å². The molecule has 0 bridgehead atoms. The molecule has 1 amide bonds. The van der Waals surface area contributed by atoms with Crippen molar-refractivity contribution < 1.29 is 23.8 Å². The summed E-state index contributed by atoms with van der Waals surface area (Å²) in [4.78, 5) is 24.7. The van der Waals surface area contributed by atoms with Gasteiger partial charge in [-0.1, -0.05) is 26.0 Å². The first kappa shape index (κ1) is 21.8. The molecule has 1 fully saturated rings. The monoisotopic (exact) mass is 411 g/mol. The van der Waals surface area contributed by atoms with Gasteiger partial charge in [0.15, 0.2) is 6.10 Å². The predicted molar refractivity (Wildman–Crippen MR) is 115 cm³/mol. The third-order valence-electron chi connectivity index (χ3n) is 5.05. The number of amides is 1. The highest BCUT2D eigenvalue weighted by atomic mass is 16.5. The third-order valence-corrected chi connectivity index (χ3v) is 5.05. The van der Waals surface area contributed by atoms with E-state index >= 15 is 0 Å². The molecule has 0 aliphatic carbocycles. The number of ether oxygens (including phenoxy) is 3. The minimum Gasteiger partial charge on any atom is -0.491 e. The second kappa shape index (κ2) is 10.3. The molecule has 6 nitrogen and oxygen atoms in total. The maximum absolute atomic E-state index is 12.3. The van der Waals surface area contributed by atoms with E-state index in [0.717, 1.165) is 19.4 Å². The zero-order valence-corrected chi connectivity index (χ0v) is 17.7. The van der Waals surface area contributed by atoms with Gasteiger partial charge < -0.3 is 19.5 Å². The Kier molecular flexibility index (Phi) is 7.46. The van der Waals surface area contributed by atoms with Gasteiger partial charge in [-0.3, -0.25) is 4.79 Å². The van der Waals surface area contributed by atoms with E-state index in [1.165, 1.54) is 5.56 Å². The Morgan fingerprint density at radius 3 is 2.37 bits per heavy atom. The van der Waals surface area contributed by atoms with Gasteiger partial charge in [-0.2, -0.15) is 0 Å². The Morgan fingerprint density at radius 2 is 1.77 bits per heavy atom. The fourth-order valence-corrected chi connectivity index (χ4v) is 3.13. The molecule has 1 heterocycles. The number of hydrogen-bond donors (Lipinski definition) is 1. The summed E-state index contributed by atoms with van der Waals surface area (Å²) in [7, 11) is 0. The normalized spacial score (nSPS) is 16.9. The van der Waals surface area contributed by atoms with Crippen LogP contribution in [0.15, 0.2) is 48.5 Å². The lowest BCUT2D eigenvalue weighted by Crippen LogP contribution is -2.30. The minimum absolute atomic E-state index is 0.135. The lowest BCUT2D eigenvalue weighted by atomic mass is 10.0. The van der Waals surface area contributed by atoms with Crippen LogP contribution in [0, 0.1) is 0 Å². The second-order valence-electron chi connectivity index (χ2n) is 7.78. The topological polar surface area (TPSA) is 73.9 Å². The number of esters is 1. The molecule has 3 rings (SSSR count). The van der Waals surface area contributed by atoms with Crippen LogP contribution in [0.3, 0.4) is 0 Å². The van der Waals surface area contributed by atoms with Gasteiger partial charge in [0.05, 0.1) is 11.7 Å². The Labute approximate surface area is 177 Å². The van der Waals surface area contributed by atoms with E-state index in [-0.39, 0.29) is 12.0 Å². The van der Waals surface area contributed by atoms with Gasteiger partial charge in [-0.05, 0) is 67.6 Å². The van der Waals surface area contributed by atoms with Crippen LogP contribution in [0.4, 0.5) is 5.69 Å². The van der Waals surface area contributed by atoms with Gasteiger partial charge in [0.2, 0.25) is 0 Å². The number of anilines is 1. The molecule has 0 spiro atoms. The fraction of sp³-hybridized carbons (Fsp3) is 0.417. The SMILES string of the molecule is CC(C)c1ccc(NC(=O)[C@H](C)OC(=O)c2ccc(OC[C@H]3CCCO3)cc2)cc1. The van der Waals surface area contributed by atoms with E-state index in [1.54, 1.807) is 31.2 Å². The lowest BCUT2D eigenvalue weighted by Gasteiger charge is -2.15. The van der Waals surface area contributed by atoms with Gasteiger partial charge in [-0.15, -0.1) is 0 Å². The zero-order valence-electron chi connectivity index (χ0n) is 17.7. The standard InChI is InChI=1S/C24H29NO5/c1-16(2)18-6-10-20(11-7-18)25-23(26)17(3)30-24(27)19-8-12-21(13-9-19)29-15-22-5-4-14-28-22/h6-13,16-17,22H,4-5,14-15H2,1-3H3,(H,25,26)/t17-,22+/m0/s1. The molecule has 0 radical (unpaired) electrons. The highest BCUT2D eigenvalue weighted by Crippen LogP contribution is 2.19. The zero-order chi connectivity index (χ0) is 21.5. The minimum atomic E-state index is -0.919. The van der Waals surface area contributed by atoms with E-state index in [0.29, 0.717) is 29.5 Å². The third kappa shape index (κ3) is 6.07. The number of hydrogen-bond acceptors (Lipinski definition) is 5. The molecule has 160 valence electrons. The van der Waals surface area contributed by atoms with Gasteiger partial charge in [0.1, 0.15) is 12.4 Å². The molecule has 1 N–H and O–H groups in total. The van der Waals surface area contributed by atoms with Crippen molar-refractivity contribution in [3.05, 3.63) is 59.7 Å². The first-order chi connectivity index (χ1) is 14.4. The van der Waals surface area contributed by atoms with Crippen molar-refractivity contribution in [3.8, 4) is 5.75 Å². The van der Waals surface area contributed by atoms with Crippen molar-refractivity contribution in [2.45, 2.75) is 51.7 Å². The Balaban J connectivity index is 1.48. The van der Waals surface area contributed by atoms with Gasteiger partial charge in [0.25, 0.3) is 5.91 Å². The van der Waals surface area contributed by atoms with E-state index in [2.05, 4.69) is 19.2 Å². The molecular weight excluding hydrogens is 382 g/mol. The Morgan fingerprint density at radius 1 is 1.07 bits per heavy atom. The number of rotatable bonds is 8. The molecule has 2 aromatic carbocycles. The van der Waals surface area contributed by atoms with E-state index in [1.807, 2.05) is 24.3 Å². The quantitative estimate of drug-likeness (QED) is 0.645. The summed E-state index contributed by atoms with van der Waals surface area (Å²) in [6, 6.07) is 14.3. The maximum atomic E-state index is 12.3. The summed E-state index contributed by atoms with van der Waals surface area (Å²) in [6.45, 7) is 7.05. The summed E-state index contributed by atoms with van der Waals surface area (Å²) in [6.07, 6.45) is 1.29. The highest BCUT2D eigenvalue weighted by molar-refractivity contribution is 5.97. The van der Waals surface area contributed by atoms with Crippen LogP contribution < -0.4 is 10.1 Å². The van der Waals surface area contributed by atoms with Crippen LogP contribution in [0.5, 0.6) is 5.75 Å². The Hall–Kier alpha value is -2.86. The molecule has 1 aliphatic rings. The van der Waals surface area contributed by atoms with E-state index in [4.69, 9.17) is 14.2 Å². The molecule has 1 saturated heterocycles. The van der Waals surface area contributed by atoms with Crippen molar-refractivity contribution in [2.75, 3.05) is 18.5 Å². The number of benzene rings is 2. The van der Waals surface area contributed by atoms with Gasteiger partial charge >= 0.3 is 5.97 Å². The van der Waals surface area contributed by atoms with Crippen molar-refractivity contribution >= 4 is 17.6 Å². The van der Waals surface area contributed by atoms with E-state index < -0.39 is 12.1 Å². The fourth-order valence-electron chi connectivity index (χ4n) is 3.13. The second-order valence-corrected chi connectivity index (χ2v) is 7.78. The van der Waals surface area contributed by atoms with Crippen molar-refractivity contribution in [1.29, 1.82) is 0 Å². The largest absolute Gasteiger partial charge is 0.491 e. The number of nitrogens with one attached hydrogen (secondary N) is 1. The molecule has 6 heteroatoms. The maximum Gasteiger partial charge on any atom is 0.338 e. The lowest BCUT2D eigenvalue weighted by molar-refractivity contribution is -0.123. The van der Waals surface area contributed by atoms with Crippen LogP contribution in [0.25, 0.3) is 0 Å². The van der Waals surface area contributed by atoms with Crippen LogP contribution in [0.1, 0.15) is 55.5 Å². The first-order valence-electron chi connectivity index (χ1n) is 10.4. The van der Waals surface area contributed by atoms with E-state index in [9.17, 15) is 9.59 Å². The molecule has 1 aliphatic heterocycles. The van der Waals surface area contributed by atoms with Crippen LogP contribution in [-0.2, 0) is 14.3 Å². The van der Waals surface area contributed by atoms with Crippen molar-refractivity contribution in [2.24, 2.45) is 0 Å². The summed E-state index contributed by atoms with van der Waals surface area (Å²) >= 11 is 0. The molecule has 0 saturated carbocycles. The molecule has 30 heavy (non-hydrogen) atoms. The van der Waals surface area contributed by atoms with Crippen LogP contribution in [-0.4, -0.2) is 37.3 Å². The van der Waals surface area contributed by atoms with Crippen molar-refractivity contribution in [3.63, 3.8) is 0 Å². The Bertz CT molecular complexity index is 839. The molecular formula is C24H29NO5. The summed E-state index contributed by atoms with van der Waals surface area (Å²) in [5, 5.41) is 2.77. The molecule has 0 unspecified atom stereocenters. The summed E-state index contributed by atoms with van der Waals surface area (Å²) in [5.41, 5.74) is 2.22. The summed E-state index contributed by atoms with van der Waals surface area (Å²) in [5.74, 6) is 0.149. The predicted octanol–water partition coefficient (Wildman–Crippen LogP) is 4.55. The number of carbonyl (C=O) groups is 2. The smallest absolute Gasteiger partial charge is 0.338 e. The van der Waals surface area contributed by atoms with Crippen LogP contribution in [0.2, 0.25) is 0 Å². The first-order valence-corrected chi connectivity index (χ1v) is 10.4. The van der Waals surface area contributed by atoms with Gasteiger partial charge in [0, 0.05) is 12.3 Å². The summed E-state index contributed by atoms with van der Waals surface area (Å²) < 4.78 is 16.5.